The number of amides is 1. The number of rotatable bonds is 3. The van der Waals surface area contributed by atoms with Gasteiger partial charge in [0, 0.05) is 23.4 Å². The van der Waals surface area contributed by atoms with E-state index in [0.29, 0.717) is 22.3 Å². The molecule has 3 heterocycles. The number of carbonyl (C=O) groups excluding carboxylic acids is 1. The van der Waals surface area contributed by atoms with Crippen molar-refractivity contribution in [2.24, 2.45) is 4.99 Å². The molecule has 2 aromatic rings. The molecule has 140 valence electrons. The van der Waals surface area contributed by atoms with Crippen LogP contribution in [-0.2, 0) is 4.79 Å². The Morgan fingerprint density at radius 2 is 2.07 bits per heavy atom. The third kappa shape index (κ3) is 2.95. The number of amidine groups is 2. The molecule has 0 saturated heterocycles. The quantitative estimate of drug-likeness (QED) is 0.471. The summed E-state index contributed by atoms with van der Waals surface area (Å²) in [5.41, 5.74) is 2.33. The number of carbonyl (C=O) groups is 1. The molecule has 0 fully saturated rings. The van der Waals surface area contributed by atoms with Gasteiger partial charge < -0.3 is 4.42 Å². The molecule has 8 nitrogen and oxygen atoms in total. The van der Waals surface area contributed by atoms with E-state index in [2.05, 4.69) is 4.99 Å². The van der Waals surface area contributed by atoms with Gasteiger partial charge in [-0.1, -0.05) is 17.8 Å². The molecule has 1 amide bonds. The minimum Gasteiger partial charge on any atom is -0.457 e. The third-order valence-corrected chi connectivity index (χ3v) is 5.34. The fourth-order valence-electron chi connectivity index (χ4n) is 2.95. The predicted octanol–water partition coefficient (Wildman–Crippen LogP) is 4.33. The Morgan fingerprint density at radius 1 is 1.29 bits per heavy atom. The molecule has 1 aromatic carbocycles. The molecular weight excluding hydrogens is 380 g/mol. The number of aryl methyl sites for hydroxylation is 1. The number of fused-ring (bicyclic) bond motifs is 1. The number of hydrogen-bond donors (Lipinski definition) is 1. The van der Waals surface area contributed by atoms with Crippen LogP contribution in [0.5, 0.6) is 0 Å². The van der Waals surface area contributed by atoms with Gasteiger partial charge in [-0.25, -0.2) is 0 Å². The van der Waals surface area contributed by atoms with Crippen molar-refractivity contribution in [1.82, 2.24) is 4.90 Å². The average Bonchev–Trinajstić information content (AvgIpc) is 3.25. The molecule has 28 heavy (non-hydrogen) atoms. The number of hydrogen-bond acceptors (Lipinski definition) is 6. The van der Waals surface area contributed by atoms with Crippen LogP contribution in [0.2, 0.25) is 0 Å². The Hall–Kier alpha value is -3.46. The maximum absolute atomic E-state index is 12.3. The normalized spacial score (nSPS) is 17.6. The van der Waals surface area contributed by atoms with Crippen molar-refractivity contribution < 1.29 is 14.1 Å². The summed E-state index contributed by atoms with van der Waals surface area (Å²) in [4.78, 5) is 28.5. The predicted molar refractivity (Wildman–Crippen MR) is 107 cm³/mol. The van der Waals surface area contributed by atoms with Crippen molar-refractivity contribution >= 4 is 40.4 Å². The maximum atomic E-state index is 12.3. The van der Waals surface area contributed by atoms with E-state index in [1.165, 1.54) is 30.0 Å². The van der Waals surface area contributed by atoms with Crippen LogP contribution in [-0.4, -0.2) is 26.7 Å². The van der Waals surface area contributed by atoms with E-state index in [1.54, 1.807) is 23.1 Å². The van der Waals surface area contributed by atoms with E-state index < -0.39 is 10.8 Å². The zero-order valence-electron chi connectivity index (χ0n) is 14.9. The van der Waals surface area contributed by atoms with Gasteiger partial charge in [0.25, 0.3) is 11.6 Å². The van der Waals surface area contributed by atoms with Crippen LogP contribution in [0.25, 0.3) is 17.4 Å². The Kier molecular flexibility index (Phi) is 4.23. The largest absolute Gasteiger partial charge is 0.457 e. The van der Waals surface area contributed by atoms with Crippen LogP contribution in [0.4, 0.5) is 5.69 Å². The van der Waals surface area contributed by atoms with E-state index >= 15 is 0 Å². The summed E-state index contributed by atoms with van der Waals surface area (Å²) in [7, 11) is 0. The molecular formula is C19H14N4O4S. The Balaban J connectivity index is 1.70. The van der Waals surface area contributed by atoms with Crippen LogP contribution in [0.1, 0.15) is 18.2 Å². The summed E-state index contributed by atoms with van der Waals surface area (Å²) in [6.07, 6.45) is 1.47. The standard InChI is InChI=1S/C19H14N4O4S/c1-10-3-4-12(23(25)26)7-14(10)16-6-5-13(27-16)8-15-17(20)22-11(2)9-28-19(22)21-18(15)24/h3-9,20H,1-2H3/b15-8-,20-17?. The lowest BCUT2D eigenvalue weighted by atomic mass is 10.1. The van der Waals surface area contributed by atoms with Gasteiger partial charge in [0.15, 0.2) is 5.17 Å². The summed E-state index contributed by atoms with van der Waals surface area (Å²) >= 11 is 1.30. The van der Waals surface area contributed by atoms with Gasteiger partial charge in [-0.15, -0.1) is 0 Å². The molecule has 1 N–H and O–H groups in total. The number of benzene rings is 1. The van der Waals surface area contributed by atoms with Crippen molar-refractivity contribution in [3.63, 3.8) is 0 Å². The minimum atomic E-state index is -0.503. The number of nitro groups is 1. The molecule has 0 radical (unpaired) electrons. The number of nitro benzene ring substituents is 1. The number of nitrogens with one attached hydrogen (secondary N) is 1. The first kappa shape index (κ1) is 17.9. The average molecular weight is 394 g/mol. The van der Waals surface area contributed by atoms with Crippen molar-refractivity contribution in [2.45, 2.75) is 13.8 Å². The molecule has 4 rings (SSSR count). The second-order valence-electron chi connectivity index (χ2n) is 6.28. The van der Waals surface area contributed by atoms with Gasteiger partial charge in [0.2, 0.25) is 0 Å². The van der Waals surface area contributed by atoms with E-state index in [9.17, 15) is 14.9 Å². The SMILES string of the molecule is CC1=CSC2=NC(=O)/C(=C\c3ccc(-c4cc([N+](=O)[O-])ccc4C)o3)C(=N)N12. The van der Waals surface area contributed by atoms with E-state index in [-0.39, 0.29) is 17.1 Å². The molecule has 2 aliphatic rings. The molecule has 0 spiro atoms. The fraction of sp³-hybridized carbons (Fsp3) is 0.105. The summed E-state index contributed by atoms with van der Waals surface area (Å²) in [5.74, 6) is 0.343. The van der Waals surface area contributed by atoms with Gasteiger partial charge in [-0.3, -0.25) is 25.2 Å². The van der Waals surface area contributed by atoms with E-state index in [4.69, 9.17) is 9.83 Å². The lowest BCUT2D eigenvalue weighted by Crippen LogP contribution is -2.37. The molecule has 2 aliphatic heterocycles. The highest BCUT2D eigenvalue weighted by atomic mass is 32.2. The lowest BCUT2D eigenvalue weighted by Gasteiger charge is -2.24. The van der Waals surface area contributed by atoms with E-state index in [1.807, 2.05) is 19.3 Å². The topological polar surface area (TPSA) is 113 Å². The van der Waals surface area contributed by atoms with Gasteiger partial charge in [-0.05, 0) is 43.0 Å². The van der Waals surface area contributed by atoms with Crippen LogP contribution in [0.15, 0.2) is 56.4 Å². The molecule has 0 atom stereocenters. The molecule has 9 heteroatoms. The molecule has 0 bridgehead atoms. The molecule has 0 unspecified atom stereocenters. The number of furan rings is 1. The van der Waals surface area contributed by atoms with Crippen LogP contribution in [0.3, 0.4) is 0 Å². The Bertz CT molecular complexity index is 1140. The zero-order chi connectivity index (χ0) is 20.0. The Labute approximate surface area is 163 Å². The van der Waals surface area contributed by atoms with Gasteiger partial charge in [-0.2, -0.15) is 4.99 Å². The number of nitrogens with zero attached hydrogens (tertiary/aromatic N) is 3. The monoisotopic (exact) mass is 394 g/mol. The van der Waals surface area contributed by atoms with Gasteiger partial charge >= 0.3 is 0 Å². The van der Waals surface area contributed by atoms with Gasteiger partial charge in [0.1, 0.15) is 17.4 Å². The first-order chi connectivity index (χ1) is 13.3. The minimum absolute atomic E-state index is 0.0307. The summed E-state index contributed by atoms with van der Waals surface area (Å²) in [5, 5.41) is 21.7. The highest BCUT2D eigenvalue weighted by Crippen LogP contribution is 2.33. The Morgan fingerprint density at radius 3 is 2.82 bits per heavy atom. The summed E-state index contributed by atoms with van der Waals surface area (Å²) in [6, 6.07) is 7.88. The molecule has 0 aliphatic carbocycles. The summed E-state index contributed by atoms with van der Waals surface area (Å²) in [6.45, 7) is 3.67. The molecule has 0 saturated carbocycles. The van der Waals surface area contributed by atoms with Gasteiger partial charge in [0.05, 0.1) is 10.5 Å². The third-order valence-electron chi connectivity index (χ3n) is 4.40. The second kappa shape index (κ2) is 6.61. The number of thioether (sulfide) groups is 1. The first-order valence-electron chi connectivity index (χ1n) is 8.27. The number of aliphatic imine (C=N–C) groups is 1. The van der Waals surface area contributed by atoms with Crippen molar-refractivity contribution in [2.75, 3.05) is 0 Å². The fourth-order valence-corrected chi connectivity index (χ4v) is 3.81. The van der Waals surface area contributed by atoms with E-state index in [0.717, 1.165) is 11.3 Å². The van der Waals surface area contributed by atoms with Crippen molar-refractivity contribution in [3.8, 4) is 11.3 Å². The highest BCUT2D eigenvalue weighted by molar-refractivity contribution is 8.16. The van der Waals surface area contributed by atoms with Crippen LogP contribution >= 0.6 is 11.8 Å². The maximum Gasteiger partial charge on any atom is 0.283 e. The highest BCUT2D eigenvalue weighted by Gasteiger charge is 2.34. The van der Waals surface area contributed by atoms with Crippen molar-refractivity contribution in [1.29, 1.82) is 5.41 Å². The second-order valence-corrected chi connectivity index (χ2v) is 7.11. The van der Waals surface area contributed by atoms with Crippen LogP contribution < -0.4 is 0 Å². The van der Waals surface area contributed by atoms with Crippen LogP contribution in [0, 0.1) is 22.4 Å². The lowest BCUT2D eigenvalue weighted by molar-refractivity contribution is -0.384. The number of non-ortho nitro benzene ring substituents is 1. The summed E-state index contributed by atoms with van der Waals surface area (Å²) < 4.78 is 5.79. The van der Waals surface area contributed by atoms with Crippen molar-refractivity contribution in [3.05, 3.63) is 68.4 Å². The first-order valence-corrected chi connectivity index (χ1v) is 9.15. The molecule has 1 aromatic heterocycles. The smallest absolute Gasteiger partial charge is 0.283 e. The zero-order valence-corrected chi connectivity index (χ0v) is 15.7. The number of allylic oxidation sites excluding steroid dienone is 1.